The van der Waals surface area contributed by atoms with Crippen LogP contribution in [0, 0.1) is 15.9 Å². The van der Waals surface area contributed by atoms with E-state index in [9.17, 15) is 29.8 Å². The number of nitrogens with zero attached hydrogens (tertiary/aromatic N) is 1. The number of nitrogens with one attached hydrogen (secondary N) is 1. The number of anilines is 1. The summed E-state index contributed by atoms with van der Waals surface area (Å²) in [6.07, 6.45) is -5.20. The number of rotatable bonds is 5. The summed E-state index contributed by atoms with van der Waals surface area (Å²) >= 11 is 0. The lowest BCUT2D eigenvalue weighted by Gasteiger charge is -2.35. The van der Waals surface area contributed by atoms with E-state index in [1.54, 1.807) is 0 Å². The largest absolute Gasteiger partial charge is 0.457 e. The Morgan fingerprint density at radius 3 is 2.48 bits per heavy atom. The van der Waals surface area contributed by atoms with Gasteiger partial charge in [-0.3, -0.25) is 10.1 Å². The molecular weight excluding hydrogens is 363 g/mol. The van der Waals surface area contributed by atoms with Crippen LogP contribution < -0.4 is 10.1 Å². The second-order valence-electron chi connectivity index (χ2n) is 5.98. The molecule has 9 nitrogen and oxygen atoms in total. The van der Waals surface area contributed by atoms with Gasteiger partial charge in [-0.25, -0.2) is 4.39 Å². The maximum absolute atomic E-state index is 13.0. The maximum atomic E-state index is 13.0. The van der Waals surface area contributed by atoms with E-state index in [4.69, 9.17) is 9.47 Å². The molecule has 4 N–H and O–H groups in total. The minimum atomic E-state index is -1.45. The normalized spacial score (nSPS) is 25.0. The van der Waals surface area contributed by atoms with Crippen LogP contribution in [0.1, 0.15) is 0 Å². The first kappa shape index (κ1) is 19.0. The van der Waals surface area contributed by atoms with Gasteiger partial charge in [-0.05, 0) is 24.3 Å². The van der Waals surface area contributed by atoms with Crippen molar-refractivity contribution in [3.05, 3.63) is 58.4 Å². The molecule has 0 radical (unpaired) electrons. The van der Waals surface area contributed by atoms with Gasteiger partial charge in [0.05, 0.1) is 17.6 Å². The first-order chi connectivity index (χ1) is 12.8. The highest BCUT2D eigenvalue weighted by molar-refractivity contribution is 5.57. The standard InChI is InChI=1S/C17H17FN2O7/c18-9-1-3-12(4-2-9)27-13-6-10(5-11(7-13)20(24)25)19-17-16(23)15(22)14(21)8-26-17/h1-7,14-17,19,21-23H,8H2/t14-,15+,16-,17+/m0/s1. The average Bonchev–Trinajstić information content (AvgIpc) is 2.64. The maximum Gasteiger partial charge on any atom is 0.275 e. The topological polar surface area (TPSA) is 134 Å². The molecule has 0 unspecified atom stereocenters. The van der Waals surface area contributed by atoms with Gasteiger partial charge >= 0.3 is 0 Å². The second-order valence-corrected chi connectivity index (χ2v) is 5.98. The number of nitro groups is 1. The van der Waals surface area contributed by atoms with Crippen LogP contribution in [0.2, 0.25) is 0 Å². The van der Waals surface area contributed by atoms with Gasteiger partial charge in [0.15, 0.2) is 6.23 Å². The van der Waals surface area contributed by atoms with E-state index >= 15 is 0 Å². The van der Waals surface area contributed by atoms with Crippen LogP contribution in [0.25, 0.3) is 0 Å². The number of hydrogen-bond acceptors (Lipinski definition) is 8. The van der Waals surface area contributed by atoms with Crippen molar-refractivity contribution in [2.45, 2.75) is 24.5 Å². The third-order valence-corrected chi connectivity index (χ3v) is 3.96. The second kappa shape index (κ2) is 7.84. The molecule has 144 valence electrons. The third kappa shape index (κ3) is 4.49. The molecule has 0 aromatic heterocycles. The Morgan fingerprint density at radius 2 is 1.81 bits per heavy atom. The van der Waals surface area contributed by atoms with E-state index in [1.807, 2.05) is 0 Å². The molecule has 1 aliphatic heterocycles. The minimum Gasteiger partial charge on any atom is -0.457 e. The molecule has 27 heavy (non-hydrogen) atoms. The molecule has 0 amide bonds. The average molecular weight is 380 g/mol. The number of halogens is 1. The minimum absolute atomic E-state index is 0.101. The molecule has 3 rings (SSSR count). The van der Waals surface area contributed by atoms with Gasteiger partial charge in [0, 0.05) is 17.8 Å². The van der Waals surface area contributed by atoms with Crippen molar-refractivity contribution < 1.29 is 34.1 Å². The highest BCUT2D eigenvalue weighted by Crippen LogP contribution is 2.31. The highest BCUT2D eigenvalue weighted by atomic mass is 19.1. The third-order valence-electron chi connectivity index (χ3n) is 3.96. The Hall–Kier alpha value is -2.79. The fraction of sp³-hybridized carbons (Fsp3) is 0.294. The molecule has 2 aromatic rings. The fourth-order valence-corrected chi connectivity index (χ4v) is 2.57. The van der Waals surface area contributed by atoms with Crippen molar-refractivity contribution in [3.8, 4) is 11.5 Å². The van der Waals surface area contributed by atoms with Crippen molar-refractivity contribution in [2.75, 3.05) is 11.9 Å². The molecule has 1 aliphatic rings. The summed E-state index contributed by atoms with van der Waals surface area (Å²) in [5.41, 5.74) is -0.100. The van der Waals surface area contributed by atoms with Crippen LogP contribution in [0.3, 0.4) is 0 Å². The van der Waals surface area contributed by atoms with Crippen LogP contribution in [0.5, 0.6) is 11.5 Å². The number of non-ortho nitro benzene ring substituents is 1. The van der Waals surface area contributed by atoms with Gasteiger partial charge < -0.3 is 30.1 Å². The van der Waals surface area contributed by atoms with Crippen LogP contribution in [-0.4, -0.2) is 51.4 Å². The van der Waals surface area contributed by atoms with E-state index in [0.29, 0.717) is 0 Å². The molecule has 0 saturated carbocycles. The lowest BCUT2D eigenvalue weighted by molar-refractivity contribution is -0.384. The number of aliphatic hydroxyl groups excluding tert-OH is 3. The molecule has 2 aromatic carbocycles. The summed E-state index contributed by atoms with van der Waals surface area (Å²) in [4.78, 5) is 10.5. The SMILES string of the molecule is O=[N+]([O-])c1cc(N[C@@H]2OC[C@H](O)[C@@H](O)[C@@H]2O)cc(Oc2ccc(F)cc2)c1. The lowest BCUT2D eigenvalue weighted by Crippen LogP contribution is -2.55. The molecule has 0 aliphatic carbocycles. The summed E-state index contributed by atoms with van der Waals surface area (Å²) in [5, 5.41) is 43.1. The number of aliphatic hydroxyl groups is 3. The van der Waals surface area contributed by atoms with Crippen molar-refractivity contribution in [1.29, 1.82) is 0 Å². The quantitative estimate of drug-likeness (QED) is 0.451. The van der Waals surface area contributed by atoms with Gasteiger partial charge in [0.1, 0.15) is 35.6 Å². The zero-order valence-corrected chi connectivity index (χ0v) is 13.9. The summed E-state index contributed by atoms with van der Waals surface area (Å²) in [5.74, 6) is -0.0764. The Bertz CT molecular complexity index is 817. The van der Waals surface area contributed by atoms with Crippen molar-refractivity contribution in [3.63, 3.8) is 0 Å². The van der Waals surface area contributed by atoms with E-state index < -0.39 is 35.3 Å². The Kier molecular flexibility index (Phi) is 5.51. The summed E-state index contributed by atoms with van der Waals surface area (Å²) in [7, 11) is 0. The number of nitro benzene ring substituents is 1. The monoisotopic (exact) mass is 380 g/mol. The molecule has 0 spiro atoms. The van der Waals surface area contributed by atoms with Crippen LogP contribution in [0.4, 0.5) is 15.8 Å². The van der Waals surface area contributed by atoms with Gasteiger partial charge in [-0.2, -0.15) is 0 Å². The van der Waals surface area contributed by atoms with Crippen LogP contribution in [-0.2, 0) is 4.74 Å². The smallest absolute Gasteiger partial charge is 0.275 e. The van der Waals surface area contributed by atoms with E-state index in [-0.39, 0.29) is 29.5 Å². The molecule has 0 bridgehead atoms. The molecule has 1 fully saturated rings. The predicted molar refractivity (Wildman–Crippen MR) is 91.0 cm³/mol. The van der Waals surface area contributed by atoms with Gasteiger partial charge in [0.25, 0.3) is 5.69 Å². The molecular formula is C17H17FN2O7. The van der Waals surface area contributed by atoms with Gasteiger partial charge in [-0.1, -0.05) is 0 Å². The van der Waals surface area contributed by atoms with Gasteiger partial charge in [0.2, 0.25) is 0 Å². The first-order valence-electron chi connectivity index (χ1n) is 7.99. The van der Waals surface area contributed by atoms with E-state index in [2.05, 4.69) is 5.32 Å². The lowest BCUT2D eigenvalue weighted by atomic mass is 10.0. The molecule has 1 saturated heterocycles. The molecule has 1 heterocycles. The number of hydrogen-bond donors (Lipinski definition) is 4. The summed E-state index contributed by atoms with van der Waals surface area (Å²) in [6, 6.07) is 8.91. The van der Waals surface area contributed by atoms with Crippen LogP contribution in [0.15, 0.2) is 42.5 Å². The molecule has 10 heteroatoms. The zero-order valence-electron chi connectivity index (χ0n) is 13.9. The summed E-state index contributed by atoms with van der Waals surface area (Å²) in [6.45, 7) is -0.218. The Labute approximate surface area is 152 Å². The number of benzene rings is 2. The van der Waals surface area contributed by atoms with E-state index in [0.717, 1.165) is 0 Å². The van der Waals surface area contributed by atoms with Crippen molar-refractivity contribution >= 4 is 11.4 Å². The van der Waals surface area contributed by atoms with Gasteiger partial charge in [-0.15, -0.1) is 0 Å². The van der Waals surface area contributed by atoms with E-state index in [1.165, 1.54) is 42.5 Å². The Morgan fingerprint density at radius 1 is 1.11 bits per heavy atom. The van der Waals surface area contributed by atoms with Crippen molar-refractivity contribution in [1.82, 2.24) is 0 Å². The zero-order chi connectivity index (χ0) is 19.6. The summed E-state index contributed by atoms with van der Waals surface area (Å²) < 4.78 is 23.7. The van der Waals surface area contributed by atoms with Crippen LogP contribution >= 0.6 is 0 Å². The predicted octanol–water partition coefficient (Wildman–Crippen LogP) is 1.38. The van der Waals surface area contributed by atoms with Crippen molar-refractivity contribution in [2.24, 2.45) is 0 Å². The highest BCUT2D eigenvalue weighted by Gasteiger charge is 2.37. The fourth-order valence-electron chi connectivity index (χ4n) is 2.57. The number of ether oxygens (including phenoxy) is 2. The molecule has 4 atom stereocenters. The Balaban J connectivity index is 1.83. The first-order valence-corrected chi connectivity index (χ1v) is 7.99.